The van der Waals surface area contributed by atoms with Gasteiger partial charge in [0.15, 0.2) is 11.5 Å². The van der Waals surface area contributed by atoms with Crippen LogP contribution in [-0.4, -0.2) is 39.3 Å². The molecule has 1 aromatic heterocycles. The van der Waals surface area contributed by atoms with Crippen LogP contribution in [0.4, 0.5) is 11.6 Å². The van der Waals surface area contributed by atoms with Gasteiger partial charge in [-0.25, -0.2) is 0 Å². The maximum absolute atomic E-state index is 13.4. The predicted molar refractivity (Wildman–Crippen MR) is 121 cm³/mol. The van der Waals surface area contributed by atoms with E-state index in [9.17, 15) is 4.79 Å². The molecule has 1 atom stereocenters. The Balaban J connectivity index is 1.77. The number of carbonyl (C=O) groups is 1. The van der Waals surface area contributed by atoms with Crippen molar-refractivity contribution in [2.75, 3.05) is 23.8 Å². The minimum atomic E-state index is -0.541. The van der Waals surface area contributed by atoms with Crippen LogP contribution in [0.5, 0.6) is 11.5 Å². The SMILES string of the molecule is CCOc1ccc(C2C(C(=O)Nc3cccc(C)c3)=C(C)Nc3nnnn32)cc1OCC. The average Bonchev–Trinajstić information content (AvgIpc) is 3.22. The average molecular weight is 435 g/mol. The highest BCUT2D eigenvalue weighted by atomic mass is 16.5. The Morgan fingerprint density at radius 3 is 2.62 bits per heavy atom. The summed E-state index contributed by atoms with van der Waals surface area (Å²) in [6.45, 7) is 8.66. The van der Waals surface area contributed by atoms with Gasteiger partial charge < -0.3 is 20.1 Å². The molecule has 0 radical (unpaired) electrons. The maximum atomic E-state index is 13.4. The van der Waals surface area contributed by atoms with E-state index in [1.54, 1.807) is 4.68 Å². The Kier molecular flexibility index (Phi) is 6.07. The van der Waals surface area contributed by atoms with Gasteiger partial charge in [0, 0.05) is 11.4 Å². The van der Waals surface area contributed by atoms with Gasteiger partial charge in [-0.2, -0.15) is 4.68 Å². The summed E-state index contributed by atoms with van der Waals surface area (Å²) >= 11 is 0. The number of aryl methyl sites for hydroxylation is 1. The Morgan fingerprint density at radius 1 is 1.09 bits per heavy atom. The molecule has 1 aliphatic heterocycles. The molecule has 0 aliphatic carbocycles. The summed E-state index contributed by atoms with van der Waals surface area (Å²) < 4.78 is 13.1. The van der Waals surface area contributed by atoms with Crippen molar-refractivity contribution in [1.29, 1.82) is 0 Å². The van der Waals surface area contributed by atoms with Crippen molar-refractivity contribution in [3.63, 3.8) is 0 Å². The van der Waals surface area contributed by atoms with Crippen molar-refractivity contribution >= 4 is 17.5 Å². The van der Waals surface area contributed by atoms with Gasteiger partial charge in [-0.15, -0.1) is 0 Å². The number of ether oxygens (including phenoxy) is 2. The van der Waals surface area contributed by atoms with E-state index in [4.69, 9.17) is 9.47 Å². The van der Waals surface area contributed by atoms with Gasteiger partial charge in [-0.05, 0) is 73.5 Å². The van der Waals surface area contributed by atoms with Crippen LogP contribution in [0.15, 0.2) is 53.7 Å². The first kappa shape index (κ1) is 21.4. The second-order valence-corrected chi connectivity index (χ2v) is 7.41. The number of aromatic nitrogens is 4. The van der Waals surface area contributed by atoms with Crippen molar-refractivity contribution in [3.05, 3.63) is 64.9 Å². The van der Waals surface area contributed by atoms with Gasteiger partial charge in [0.2, 0.25) is 5.95 Å². The van der Waals surface area contributed by atoms with Gasteiger partial charge in [-0.1, -0.05) is 23.3 Å². The molecule has 0 fully saturated rings. The zero-order chi connectivity index (χ0) is 22.7. The Hall–Kier alpha value is -3.88. The smallest absolute Gasteiger partial charge is 0.255 e. The molecule has 9 heteroatoms. The van der Waals surface area contributed by atoms with Gasteiger partial charge in [-0.3, -0.25) is 4.79 Å². The minimum Gasteiger partial charge on any atom is -0.490 e. The van der Waals surface area contributed by atoms with Gasteiger partial charge in [0.25, 0.3) is 5.91 Å². The van der Waals surface area contributed by atoms with Gasteiger partial charge >= 0.3 is 0 Å². The molecule has 4 rings (SSSR count). The lowest BCUT2D eigenvalue weighted by Gasteiger charge is -2.28. The second kappa shape index (κ2) is 9.09. The number of tetrazole rings is 1. The monoisotopic (exact) mass is 434 g/mol. The standard InChI is InChI=1S/C23H26N6O3/c1-5-31-18-11-10-16(13-19(18)32-6-2)21-20(15(4)24-23-26-27-28-29(21)23)22(30)25-17-9-7-8-14(3)12-17/h7-13,21H,5-6H2,1-4H3,(H,25,30)(H,24,26,28). The number of carbonyl (C=O) groups excluding carboxylic acids is 1. The molecule has 32 heavy (non-hydrogen) atoms. The lowest BCUT2D eigenvalue weighted by atomic mass is 9.94. The number of allylic oxidation sites excluding steroid dienone is 1. The molecule has 1 aliphatic rings. The third-order valence-electron chi connectivity index (χ3n) is 5.12. The third-order valence-corrected chi connectivity index (χ3v) is 5.12. The summed E-state index contributed by atoms with van der Waals surface area (Å²) in [5.41, 5.74) is 3.77. The number of benzene rings is 2. The highest BCUT2D eigenvalue weighted by Gasteiger charge is 2.34. The molecule has 1 amide bonds. The second-order valence-electron chi connectivity index (χ2n) is 7.41. The van der Waals surface area contributed by atoms with Crippen LogP contribution >= 0.6 is 0 Å². The highest BCUT2D eigenvalue weighted by Crippen LogP contribution is 2.38. The fourth-order valence-electron chi connectivity index (χ4n) is 3.77. The molecular weight excluding hydrogens is 408 g/mol. The molecular formula is C23H26N6O3. The van der Waals surface area contributed by atoms with E-state index < -0.39 is 6.04 Å². The molecule has 0 bridgehead atoms. The number of nitrogens with one attached hydrogen (secondary N) is 2. The molecule has 0 saturated heterocycles. The number of hydrogen-bond donors (Lipinski definition) is 2. The summed E-state index contributed by atoms with van der Waals surface area (Å²) in [4.78, 5) is 13.4. The first-order valence-electron chi connectivity index (χ1n) is 10.5. The van der Waals surface area contributed by atoms with Crippen molar-refractivity contribution < 1.29 is 14.3 Å². The minimum absolute atomic E-state index is 0.237. The lowest BCUT2D eigenvalue weighted by molar-refractivity contribution is -0.113. The van der Waals surface area contributed by atoms with Crippen LogP contribution in [0.3, 0.4) is 0 Å². The summed E-state index contributed by atoms with van der Waals surface area (Å²) in [7, 11) is 0. The molecule has 2 N–H and O–H groups in total. The van der Waals surface area contributed by atoms with Gasteiger partial charge in [0.05, 0.1) is 18.8 Å². The van der Waals surface area contributed by atoms with Crippen LogP contribution in [0.25, 0.3) is 0 Å². The van der Waals surface area contributed by atoms with E-state index in [0.717, 1.165) is 16.8 Å². The van der Waals surface area contributed by atoms with Gasteiger partial charge in [0.1, 0.15) is 6.04 Å². The van der Waals surface area contributed by atoms with Crippen molar-refractivity contribution in [1.82, 2.24) is 20.2 Å². The molecule has 0 saturated carbocycles. The number of rotatable bonds is 7. The largest absolute Gasteiger partial charge is 0.490 e. The molecule has 0 spiro atoms. The van der Waals surface area contributed by atoms with Crippen molar-refractivity contribution in [2.45, 2.75) is 33.7 Å². The maximum Gasteiger partial charge on any atom is 0.255 e. The van der Waals surface area contributed by atoms with E-state index >= 15 is 0 Å². The molecule has 2 aromatic carbocycles. The van der Waals surface area contributed by atoms with Crippen molar-refractivity contribution in [2.24, 2.45) is 0 Å². The van der Waals surface area contributed by atoms with Crippen molar-refractivity contribution in [3.8, 4) is 11.5 Å². The summed E-state index contributed by atoms with van der Waals surface area (Å²) in [5, 5.41) is 18.1. The molecule has 9 nitrogen and oxygen atoms in total. The predicted octanol–water partition coefficient (Wildman–Crippen LogP) is 3.71. The van der Waals surface area contributed by atoms with E-state index in [1.165, 1.54) is 0 Å². The number of nitrogens with zero attached hydrogens (tertiary/aromatic N) is 4. The molecule has 3 aromatic rings. The summed E-state index contributed by atoms with van der Waals surface area (Å²) in [6, 6.07) is 12.8. The molecule has 1 unspecified atom stereocenters. The first-order valence-corrected chi connectivity index (χ1v) is 10.5. The van der Waals surface area contributed by atoms with Crippen LogP contribution in [0, 0.1) is 6.92 Å². The van der Waals surface area contributed by atoms with E-state index in [0.29, 0.717) is 41.9 Å². The van der Waals surface area contributed by atoms with E-state index in [-0.39, 0.29) is 5.91 Å². The Morgan fingerprint density at radius 2 is 1.88 bits per heavy atom. The quantitative estimate of drug-likeness (QED) is 0.584. The van der Waals surface area contributed by atoms with Crippen LogP contribution in [0.2, 0.25) is 0 Å². The zero-order valence-corrected chi connectivity index (χ0v) is 18.5. The molecule has 166 valence electrons. The highest BCUT2D eigenvalue weighted by molar-refractivity contribution is 6.06. The Labute approximate surface area is 186 Å². The van der Waals surface area contributed by atoms with E-state index in [2.05, 4.69) is 26.2 Å². The number of hydrogen-bond acceptors (Lipinski definition) is 7. The van der Waals surface area contributed by atoms with E-state index in [1.807, 2.05) is 70.2 Å². The number of anilines is 2. The number of amides is 1. The van der Waals surface area contributed by atoms with Crippen LogP contribution in [-0.2, 0) is 4.79 Å². The normalized spacial score (nSPS) is 15.1. The Bertz CT molecular complexity index is 1170. The fraction of sp³-hybridized carbons (Fsp3) is 0.304. The summed E-state index contributed by atoms with van der Waals surface area (Å²) in [5.74, 6) is 1.48. The van der Waals surface area contributed by atoms with Crippen LogP contribution in [0.1, 0.15) is 37.9 Å². The third kappa shape index (κ3) is 4.14. The van der Waals surface area contributed by atoms with Crippen LogP contribution < -0.4 is 20.1 Å². The summed E-state index contributed by atoms with van der Waals surface area (Å²) in [6.07, 6.45) is 0. The lowest BCUT2D eigenvalue weighted by Crippen LogP contribution is -2.31. The first-order chi connectivity index (χ1) is 15.5. The number of fused-ring (bicyclic) bond motifs is 1. The molecule has 2 heterocycles. The zero-order valence-electron chi connectivity index (χ0n) is 18.5. The topological polar surface area (TPSA) is 103 Å². The fourth-order valence-corrected chi connectivity index (χ4v) is 3.77.